The van der Waals surface area contributed by atoms with E-state index in [1.807, 2.05) is 0 Å². The zero-order valence-electron chi connectivity index (χ0n) is 8.12. The number of aromatic nitrogens is 2. The topological polar surface area (TPSA) is 106 Å². The van der Waals surface area contributed by atoms with Crippen molar-refractivity contribution in [3.8, 4) is 17.5 Å². The third kappa shape index (κ3) is 2.07. The van der Waals surface area contributed by atoms with Crippen LogP contribution in [0.5, 0.6) is 0 Å². The second-order valence-corrected chi connectivity index (χ2v) is 3.35. The second kappa shape index (κ2) is 4.19. The van der Waals surface area contributed by atoms with Crippen molar-refractivity contribution >= 4 is 17.3 Å². The van der Waals surface area contributed by atoms with Crippen LogP contribution in [0.25, 0.3) is 11.5 Å². The summed E-state index contributed by atoms with van der Waals surface area (Å²) in [4.78, 5) is 9.94. The molecule has 0 fully saturated rings. The molecule has 0 unspecified atom stereocenters. The van der Waals surface area contributed by atoms with Crippen LogP contribution >= 0.6 is 11.6 Å². The van der Waals surface area contributed by atoms with E-state index in [1.54, 1.807) is 6.07 Å². The number of nitriles is 1. The largest absolute Gasteiger partial charge is 0.408 e. The Hall–Kier alpha value is -2.46. The molecule has 1 aromatic heterocycles. The van der Waals surface area contributed by atoms with Gasteiger partial charge >= 0.3 is 5.89 Å². The molecule has 0 aliphatic heterocycles. The van der Waals surface area contributed by atoms with E-state index in [2.05, 4.69) is 10.2 Å². The number of hydrogen-bond donors (Lipinski definition) is 0. The summed E-state index contributed by atoms with van der Waals surface area (Å²) >= 11 is 5.85. The summed E-state index contributed by atoms with van der Waals surface area (Å²) in [6.07, 6.45) is 0. The zero-order valence-corrected chi connectivity index (χ0v) is 8.88. The van der Waals surface area contributed by atoms with Crippen LogP contribution in [-0.4, -0.2) is 15.1 Å². The van der Waals surface area contributed by atoms with Gasteiger partial charge in [0.05, 0.1) is 15.5 Å². The fraction of sp³-hybridized carbons (Fsp3) is 0. The number of halogens is 1. The fourth-order valence-corrected chi connectivity index (χ4v) is 1.42. The van der Waals surface area contributed by atoms with Crippen LogP contribution in [-0.2, 0) is 0 Å². The molecule has 0 radical (unpaired) electrons. The highest BCUT2D eigenvalue weighted by atomic mass is 35.5. The minimum atomic E-state index is -0.565. The van der Waals surface area contributed by atoms with Gasteiger partial charge in [-0.1, -0.05) is 16.7 Å². The lowest BCUT2D eigenvalue weighted by Gasteiger charge is -1.98. The van der Waals surface area contributed by atoms with Crippen LogP contribution in [0, 0.1) is 21.4 Å². The van der Waals surface area contributed by atoms with Crippen LogP contribution in [0.1, 0.15) is 5.89 Å². The molecule has 0 bridgehead atoms. The van der Waals surface area contributed by atoms with Crippen molar-refractivity contribution in [3.63, 3.8) is 0 Å². The number of rotatable bonds is 2. The van der Waals surface area contributed by atoms with Gasteiger partial charge in [0.25, 0.3) is 5.69 Å². The highest BCUT2D eigenvalue weighted by Gasteiger charge is 2.15. The quantitative estimate of drug-likeness (QED) is 0.597. The van der Waals surface area contributed by atoms with Gasteiger partial charge in [0.15, 0.2) is 6.07 Å². The SMILES string of the molecule is N#Cc1nnc(-c2ccc([N+](=O)[O-])cc2Cl)o1. The Morgan fingerprint density at radius 3 is 2.76 bits per heavy atom. The van der Waals surface area contributed by atoms with Gasteiger partial charge in [-0.25, -0.2) is 0 Å². The second-order valence-electron chi connectivity index (χ2n) is 2.95. The first-order chi connectivity index (χ1) is 8.11. The normalized spacial score (nSPS) is 9.88. The lowest BCUT2D eigenvalue weighted by Crippen LogP contribution is -1.88. The summed E-state index contributed by atoms with van der Waals surface area (Å²) in [5.74, 6) is -0.157. The molecule has 0 spiro atoms. The molecule has 84 valence electrons. The standard InChI is InChI=1S/C9H3ClN4O3/c10-7-3-5(14(15)16)1-2-6(7)9-13-12-8(4-11)17-9/h1-3H. The maximum absolute atomic E-state index is 10.5. The highest BCUT2D eigenvalue weighted by molar-refractivity contribution is 6.33. The molecule has 0 aliphatic rings. The van der Waals surface area contributed by atoms with Gasteiger partial charge in [0.2, 0.25) is 5.89 Å². The molecule has 2 rings (SSSR count). The smallest absolute Gasteiger partial charge is 0.321 e. The van der Waals surface area contributed by atoms with Crippen molar-refractivity contribution in [1.82, 2.24) is 10.2 Å². The van der Waals surface area contributed by atoms with Crippen LogP contribution in [0.3, 0.4) is 0 Å². The molecule has 17 heavy (non-hydrogen) atoms. The molecule has 0 atom stereocenters. The lowest BCUT2D eigenvalue weighted by molar-refractivity contribution is -0.384. The third-order valence-electron chi connectivity index (χ3n) is 1.91. The zero-order chi connectivity index (χ0) is 12.4. The Balaban J connectivity index is 2.47. The predicted octanol–water partition coefficient (Wildman–Crippen LogP) is 2.17. The monoisotopic (exact) mass is 250 g/mol. The summed E-state index contributed by atoms with van der Waals surface area (Å²) in [7, 11) is 0. The van der Waals surface area contributed by atoms with E-state index in [0.717, 1.165) is 0 Å². The molecule has 1 aromatic carbocycles. The molecule has 0 saturated carbocycles. The minimum absolute atomic E-state index is 0.0430. The highest BCUT2D eigenvalue weighted by Crippen LogP contribution is 2.30. The van der Waals surface area contributed by atoms with Gasteiger partial charge in [0, 0.05) is 12.1 Å². The fourth-order valence-electron chi connectivity index (χ4n) is 1.17. The summed E-state index contributed by atoms with van der Waals surface area (Å²) in [5.41, 5.74) is 0.199. The number of hydrogen-bond acceptors (Lipinski definition) is 6. The van der Waals surface area contributed by atoms with Crippen LogP contribution < -0.4 is 0 Å². The molecule has 0 N–H and O–H groups in total. The number of benzene rings is 1. The van der Waals surface area contributed by atoms with Gasteiger partial charge in [-0.2, -0.15) is 5.26 Å². The predicted molar refractivity (Wildman–Crippen MR) is 56.1 cm³/mol. The Kier molecular flexibility index (Phi) is 2.72. The third-order valence-corrected chi connectivity index (χ3v) is 2.23. The van der Waals surface area contributed by atoms with Gasteiger partial charge in [-0.3, -0.25) is 10.1 Å². The number of nitro groups is 1. The first kappa shape index (κ1) is 11.0. The summed E-state index contributed by atoms with van der Waals surface area (Å²) in [6.45, 7) is 0. The molecule has 2 aromatic rings. The number of nitrogens with zero attached hydrogens (tertiary/aromatic N) is 4. The number of non-ortho nitro benzene ring substituents is 1. The van der Waals surface area contributed by atoms with Gasteiger partial charge < -0.3 is 4.42 Å². The molecule has 0 amide bonds. The summed E-state index contributed by atoms with van der Waals surface area (Å²) in [6, 6.07) is 5.49. The van der Waals surface area contributed by atoms with Crippen molar-refractivity contribution in [2.45, 2.75) is 0 Å². The minimum Gasteiger partial charge on any atom is -0.408 e. The Morgan fingerprint density at radius 1 is 1.47 bits per heavy atom. The average molecular weight is 251 g/mol. The molecule has 7 nitrogen and oxygen atoms in total. The average Bonchev–Trinajstić information content (AvgIpc) is 2.77. The van der Waals surface area contributed by atoms with Crippen molar-refractivity contribution in [2.24, 2.45) is 0 Å². The van der Waals surface area contributed by atoms with Gasteiger partial charge in [0.1, 0.15) is 0 Å². The molecule has 1 heterocycles. The van der Waals surface area contributed by atoms with Crippen LogP contribution in [0.15, 0.2) is 22.6 Å². The lowest BCUT2D eigenvalue weighted by atomic mass is 10.2. The maximum Gasteiger partial charge on any atom is 0.321 e. The summed E-state index contributed by atoms with van der Waals surface area (Å²) in [5, 5.41) is 26.2. The first-order valence-electron chi connectivity index (χ1n) is 4.29. The van der Waals surface area contributed by atoms with E-state index in [9.17, 15) is 10.1 Å². The van der Waals surface area contributed by atoms with E-state index in [4.69, 9.17) is 21.3 Å². The van der Waals surface area contributed by atoms with Crippen molar-refractivity contribution in [2.75, 3.05) is 0 Å². The molecule has 8 heteroatoms. The van der Waals surface area contributed by atoms with Gasteiger partial charge in [-0.15, -0.1) is 5.10 Å². The Bertz CT molecular complexity index is 631. The van der Waals surface area contributed by atoms with E-state index in [1.165, 1.54) is 18.2 Å². The molecular formula is C9H3ClN4O3. The van der Waals surface area contributed by atoms with E-state index < -0.39 is 4.92 Å². The summed E-state index contributed by atoms with van der Waals surface area (Å²) < 4.78 is 4.96. The van der Waals surface area contributed by atoms with Crippen molar-refractivity contribution in [3.05, 3.63) is 39.2 Å². The Labute approximate surface area is 99.4 Å². The van der Waals surface area contributed by atoms with E-state index >= 15 is 0 Å². The van der Waals surface area contributed by atoms with E-state index in [0.29, 0.717) is 5.56 Å². The molecule has 0 aliphatic carbocycles. The van der Waals surface area contributed by atoms with Gasteiger partial charge in [-0.05, 0) is 6.07 Å². The van der Waals surface area contributed by atoms with Crippen molar-refractivity contribution in [1.29, 1.82) is 5.26 Å². The Morgan fingerprint density at radius 2 is 2.24 bits per heavy atom. The first-order valence-corrected chi connectivity index (χ1v) is 4.67. The molecule has 0 saturated heterocycles. The number of nitro benzene ring substituents is 1. The maximum atomic E-state index is 10.5. The van der Waals surface area contributed by atoms with Crippen molar-refractivity contribution < 1.29 is 9.34 Å². The van der Waals surface area contributed by atoms with E-state index in [-0.39, 0.29) is 22.5 Å². The molecular weight excluding hydrogens is 248 g/mol. The van der Waals surface area contributed by atoms with Crippen LogP contribution in [0.2, 0.25) is 5.02 Å². The van der Waals surface area contributed by atoms with Crippen LogP contribution in [0.4, 0.5) is 5.69 Å².